The third-order valence-electron chi connectivity index (χ3n) is 11.2. The van der Waals surface area contributed by atoms with Crippen molar-refractivity contribution in [2.45, 2.75) is 6.92 Å². The fourth-order valence-corrected chi connectivity index (χ4v) is 8.38. The van der Waals surface area contributed by atoms with Gasteiger partial charge in [0, 0.05) is 49.5 Å². The number of para-hydroxylation sites is 1. The highest BCUT2D eigenvalue weighted by Gasteiger charge is 2.18. The summed E-state index contributed by atoms with van der Waals surface area (Å²) in [6, 6.07) is 68.4. The van der Waals surface area contributed by atoms with Crippen LogP contribution in [-0.4, -0.2) is 14.5 Å². The molecule has 4 heteroatoms. The van der Waals surface area contributed by atoms with Gasteiger partial charge in [0.25, 0.3) is 0 Å². The second kappa shape index (κ2) is 13.3. The standard InChI is InChI=1S/C53H35N3O/c1-34-51(36-16-7-3-8-17-36)54-53(37-18-9-4-10-19-37)55-52(34)41-21-13-20-38(30-41)40-24-27-44-46-33-42(26-29-49(46)57-50(44)32-40)56-47-23-12-11-22-43(47)45-31-39(25-28-48(45)56)35-14-5-2-6-15-35/h2-33H,1H3. The number of rotatable bonds is 6. The van der Waals surface area contributed by atoms with Crippen molar-refractivity contribution in [3.05, 3.63) is 200 Å². The van der Waals surface area contributed by atoms with Gasteiger partial charge < -0.3 is 8.98 Å². The highest BCUT2D eigenvalue weighted by molar-refractivity contribution is 6.11. The van der Waals surface area contributed by atoms with Gasteiger partial charge in [0.15, 0.2) is 5.82 Å². The molecular weight excluding hydrogens is 695 g/mol. The average molecular weight is 730 g/mol. The lowest BCUT2D eigenvalue weighted by Crippen LogP contribution is -2.00. The normalized spacial score (nSPS) is 11.6. The summed E-state index contributed by atoms with van der Waals surface area (Å²) in [4.78, 5) is 10.2. The molecule has 0 unspecified atom stereocenters. The van der Waals surface area contributed by atoms with Gasteiger partial charge in [0.05, 0.1) is 22.4 Å². The molecule has 0 atom stereocenters. The van der Waals surface area contributed by atoms with E-state index in [1.54, 1.807) is 0 Å². The fraction of sp³-hybridized carbons (Fsp3) is 0.0189. The summed E-state index contributed by atoms with van der Waals surface area (Å²) in [5.74, 6) is 0.710. The van der Waals surface area contributed by atoms with Crippen LogP contribution < -0.4 is 0 Å². The lowest BCUT2D eigenvalue weighted by atomic mass is 9.97. The molecule has 0 radical (unpaired) electrons. The minimum absolute atomic E-state index is 0.710. The molecule has 0 bridgehead atoms. The molecule has 268 valence electrons. The van der Waals surface area contributed by atoms with Gasteiger partial charge in [-0.25, -0.2) is 9.97 Å². The van der Waals surface area contributed by atoms with E-state index in [0.29, 0.717) is 5.82 Å². The Kier molecular flexibility index (Phi) is 7.68. The molecule has 0 saturated carbocycles. The quantitative estimate of drug-likeness (QED) is 0.171. The molecule has 3 aromatic heterocycles. The molecule has 0 saturated heterocycles. The zero-order chi connectivity index (χ0) is 37.9. The Labute approximate surface area is 330 Å². The molecule has 0 spiro atoms. The van der Waals surface area contributed by atoms with E-state index in [1.807, 2.05) is 24.3 Å². The third kappa shape index (κ3) is 5.61. The lowest BCUT2D eigenvalue weighted by Gasteiger charge is -2.14. The first-order valence-corrected chi connectivity index (χ1v) is 19.3. The van der Waals surface area contributed by atoms with Gasteiger partial charge in [0.1, 0.15) is 11.2 Å². The predicted octanol–water partition coefficient (Wildman–Crippen LogP) is 14.1. The number of hydrogen-bond donors (Lipinski definition) is 0. The zero-order valence-corrected chi connectivity index (χ0v) is 31.2. The van der Waals surface area contributed by atoms with E-state index in [9.17, 15) is 0 Å². The Morgan fingerprint density at radius 3 is 1.75 bits per heavy atom. The summed E-state index contributed by atoms with van der Waals surface area (Å²) in [5, 5.41) is 4.65. The number of hydrogen-bond acceptors (Lipinski definition) is 3. The molecule has 0 aliphatic carbocycles. The Morgan fingerprint density at radius 2 is 0.965 bits per heavy atom. The first-order valence-electron chi connectivity index (χ1n) is 19.3. The molecule has 0 fully saturated rings. The fourth-order valence-electron chi connectivity index (χ4n) is 8.38. The van der Waals surface area contributed by atoms with Gasteiger partial charge in [-0.3, -0.25) is 0 Å². The first kappa shape index (κ1) is 32.8. The molecule has 0 amide bonds. The van der Waals surface area contributed by atoms with Gasteiger partial charge >= 0.3 is 0 Å². The average Bonchev–Trinajstić information content (AvgIpc) is 3.82. The topological polar surface area (TPSA) is 43.9 Å². The van der Waals surface area contributed by atoms with Crippen molar-refractivity contribution < 1.29 is 4.42 Å². The van der Waals surface area contributed by atoms with E-state index < -0.39 is 0 Å². The van der Waals surface area contributed by atoms with E-state index in [0.717, 1.165) is 72.4 Å². The van der Waals surface area contributed by atoms with Crippen molar-refractivity contribution in [3.8, 4) is 61.8 Å². The number of benzene rings is 8. The van der Waals surface area contributed by atoms with E-state index in [4.69, 9.17) is 14.4 Å². The molecular formula is C53H35N3O. The van der Waals surface area contributed by atoms with Crippen molar-refractivity contribution >= 4 is 43.7 Å². The molecule has 0 N–H and O–H groups in total. The summed E-state index contributed by atoms with van der Waals surface area (Å²) >= 11 is 0. The zero-order valence-electron chi connectivity index (χ0n) is 31.2. The Balaban J connectivity index is 0.997. The van der Waals surface area contributed by atoms with Gasteiger partial charge in [-0.1, -0.05) is 140 Å². The molecule has 11 rings (SSSR count). The van der Waals surface area contributed by atoms with Crippen LogP contribution in [-0.2, 0) is 0 Å². The molecule has 8 aromatic carbocycles. The second-order valence-corrected chi connectivity index (χ2v) is 14.6. The summed E-state index contributed by atoms with van der Waals surface area (Å²) in [7, 11) is 0. The van der Waals surface area contributed by atoms with Crippen LogP contribution in [0.5, 0.6) is 0 Å². The van der Waals surface area contributed by atoms with Crippen molar-refractivity contribution in [2.24, 2.45) is 0 Å². The summed E-state index contributed by atoms with van der Waals surface area (Å²) in [5.41, 5.74) is 15.8. The van der Waals surface area contributed by atoms with Crippen molar-refractivity contribution in [3.63, 3.8) is 0 Å². The van der Waals surface area contributed by atoms with E-state index in [1.165, 1.54) is 32.9 Å². The van der Waals surface area contributed by atoms with E-state index in [2.05, 4.69) is 181 Å². The monoisotopic (exact) mass is 729 g/mol. The van der Waals surface area contributed by atoms with Crippen LogP contribution >= 0.6 is 0 Å². The minimum atomic E-state index is 0.710. The Bertz CT molecular complexity index is 3290. The Hall–Kier alpha value is -7.56. The highest BCUT2D eigenvalue weighted by atomic mass is 16.3. The summed E-state index contributed by atoms with van der Waals surface area (Å²) in [6.45, 7) is 2.12. The van der Waals surface area contributed by atoms with E-state index >= 15 is 0 Å². The van der Waals surface area contributed by atoms with Gasteiger partial charge in [-0.15, -0.1) is 0 Å². The molecule has 0 aliphatic rings. The van der Waals surface area contributed by atoms with Crippen molar-refractivity contribution in [1.29, 1.82) is 0 Å². The number of aromatic nitrogens is 3. The van der Waals surface area contributed by atoms with Crippen molar-refractivity contribution in [1.82, 2.24) is 14.5 Å². The van der Waals surface area contributed by atoms with E-state index in [-0.39, 0.29) is 0 Å². The van der Waals surface area contributed by atoms with Crippen LogP contribution in [0.4, 0.5) is 0 Å². The van der Waals surface area contributed by atoms with Gasteiger partial charge in [-0.2, -0.15) is 0 Å². The third-order valence-corrected chi connectivity index (χ3v) is 11.2. The van der Waals surface area contributed by atoms with Gasteiger partial charge in [0.2, 0.25) is 0 Å². The lowest BCUT2D eigenvalue weighted by molar-refractivity contribution is 0.669. The first-order chi connectivity index (χ1) is 28.2. The number of furan rings is 1. The maximum absolute atomic E-state index is 6.56. The molecule has 11 aromatic rings. The van der Waals surface area contributed by atoms with Crippen LogP contribution in [0.2, 0.25) is 0 Å². The second-order valence-electron chi connectivity index (χ2n) is 14.6. The molecule has 3 heterocycles. The maximum atomic E-state index is 6.56. The van der Waals surface area contributed by atoms with Crippen molar-refractivity contribution in [2.75, 3.05) is 0 Å². The van der Waals surface area contributed by atoms with Crippen LogP contribution in [0.25, 0.3) is 106 Å². The summed E-state index contributed by atoms with van der Waals surface area (Å²) < 4.78 is 8.93. The van der Waals surface area contributed by atoms with Crippen LogP contribution in [0.3, 0.4) is 0 Å². The summed E-state index contributed by atoms with van der Waals surface area (Å²) in [6.07, 6.45) is 0. The van der Waals surface area contributed by atoms with Crippen LogP contribution in [0.1, 0.15) is 5.56 Å². The predicted molar refractivity (Wildman–Crippen MR) is 236 cm³/mol. The number of nitrogens with zero attached hydrogens (tertiary/aromatic N) is 3. The molecule has 4 nitrogen and oxygen atoms in total. The highest BCUT2D eigenvalue weighted by Crippen LogP contribution is 2.39. The van der Waals surface area contributed by atoms with Gasteiger partial charge in [-0.05, 0) is 83.8 Å². The van der Waals surface area contributed by atoms with Crippen LogP contribution in [0.15, 0.2) is 199 Å². The minimum Gasteiger partial charge on any atom is -0.456 e. The largest absolute Gasteiger partial charge is 0.456 e. The smallest absolute Gasteiger partial charge is 0.160 e. The molecule has 0 aliphatic heterocycles. The maximum Gasteiger partial charge on any atom is 0.160 e. The van der Waals surface area contributed by atoms with Crippen LogP contribution in [0, 0.1) is 6.92 Å². The Morgan fingerprint density at radius 1 is 0.368 bits per heavy atom. The number of fused-ring (bicyclic) bond motifs is 6. The molecule has 57 heavy (non-hydrogen) atoms. The SMILES string of the molecule is Cc1c(-c2ccccc2)nc(-c2ccccc2)nc1-c1cccc(-c2ccc3c(c2)oc2ccc(-n4c5ccccc5c5cc(-c6ccccc6)ccc54)cc23)c1.